The highest BCUT2D eigenvalue weighted by Crippen LogP contribution is 2.36. The molecule has 0 bridgehead atoms. The second-order valence-corrected chi connectivity index (χ2v) is 6.75. The van der Waals surface area contributed by atoms with Gasteiger partial charge in [-0.25, -0.2) is 0 Å². The molecule has 1 aliphatic rings. The summed E-state index contributed by atoms with van der Waals surface area (Å²) in [6.07, 6.45) is -4.74. The van der Waals surface area contributed by atoms with Crippen LogP contribution in [0.5, 0.6) is 5.75 Å². The Morgan fingerprint density at radius 3 is 2.80 bits per heavy atom. The molecule has 1 aliphatic heterocycles. The highest BCUT2D eigenvalue weighted by atomic mass is 127. The van der Waals surface area contributed by atoms with E-state index in [9.17, 15) is 18.0 Å². The quantitative estimate of drug-likeness (QED) is 0.541. The summed E-state index contributed by atoms with van der Waals surface area (Å²) in [4.78, 5) is 12.1. The fraction of sp³-hybridized carbons (Fsp3) is 0.353. The average molecular weight is 464 g/mol. The van der Waals surface area contributed by atoms with Crippen LogP contribution < -0.4 is 10.1 Å². The van der Waals surface area contributed by atoms with Gasteiger partial charge in [0.15, 0.2) is 0 Å². The van der Waals surface area contributed by atoms with Crippen molar-refractivity contribution in [3.05, 3.63) is 41.7 Å². The maximum atomic E-state index is 12.5. The predicted molar refractivity (Wildman–Crippen MR) is 96.2 cm³/mol. The highest BCUT2D eigenvalue weighted by Gasteiger charge is 2.31. The molecule has 25 heavy (non-hydrogen) atoms. The predicted octanol–water partition coefficient (Wildman–Crippen LogP) is 4.34. The fourth-order valence-electron chi connectivity index (χ4n) is 3.06. The lowest BCUT2D eigenvalue weighted by molar-refractivity contribution is -0.274. The van der Waals surface area contributed by atoms with Crippen molar-refractivity contribution < 1.29 is 22.7 Å². The molecule has 3 rings (SSSR count). The minimum atomic E-state index is -4.74. The van der Waals surface area contributed by atoms with Gasteiger partial charge in [0.1, 0.15) is 11.4 Å². The highest BCUT2D eigenvalue weighted by molar-refractivity contribution is 14.1. The van der Waals surface area contributed by atoms with Crippen LogP contribution in [0.3, 0.4) is 0 Å². The lowest BCUT2D eigenvalue weighted by Gasteiger charge is -2.21. The summed E-state index contributed by atoms with van der Waals surface area (Å²) in [5.41, 5.74) is 2.87. The van der Waals surface area contributed by atoms with E-state index < -0.39 is 6.36 Å². The van der Waals surface area contributed by atoms with Crippen molar-refractivity contribution in [2.75, 3.05) is 11.0 Å². The van der Waals surface area contributed by atoms with E-state index in [0.29, 0.717) is 24.3 Å². The normalized spacial score (nSPS) is 15.5. The van der Waals surface area contributed by atoms with Gasteiger partial charge in [0.25, 0.3) is 5.91 Å². The van der Waals surface area contributed by atoms with Crippen LogP contribution >= 0.6 is 22.6 Å². The molecule has 1 aromatic carbocycles. The van der Waals surface area contributed by atoms with Crippen LogP contribution in [-0.4, -0.2) is 27.8 Å². The molecule has 2 heterocycles. The summed E-state index contributed by atoms with van der Waals surface area (Å²) in [7, 11) is 0. The first-order valence-electron chi connectivity index (χ1n) is 7.74. The van der Waals surface area contributed by atoms with Crippen molar-refractivity contribution in [1.29, 1.82) is 0 Å². The van der Waals surface area contributed by atoms with Gasteiger partial charge in [0.05, 0.1) is 0 Å². The van der Waals surface area contributed by atoms with E-state index >= 15 is 0 Å². The Bertz CT molecular complexity index is 802. The number of nitrogens with zero attached hydrogens (tertiary/aromatic N) is 1. The van der Waals surface area contributed by atoms with E-state index in [2.05, 4.69) is 32.6 Å². The van der Waals surface area contributed by atoms with Crippen molar-refractivity contribution >= 4 is 28.5 Å². The first-order chi connectivity index (χ1) is 11.8. The second-order valence-electron chi connectivity index (χ2n) is 5.87. The third kappa shape index (κ3) is 3.78. The molecule has 1 aromatic heterocycles. The second kappa shape index (κ2) is 6.89. The van der Waals surface area contributed by atoms with Crippen molar-refractivity contribution in [2.24, 2.45) is 0 Å². The molecule has 1 atom stereocenters. The maximum Gasteiger partial charge on any atom is 0.573 e. The monoisotopic (exact) mass is 464 g/mol. The number of ether oxygens (including phenoxy) is 1. The molecule has 0 radical (unpaired) electrons. The minimum Gasteiger partial charge on any atom is -0.406 e. The maximum absolute atomic E-state index is 12.5. The first kappa shape index (κ1) is 18.1. The average Bonchev–Trinajstić information content (AvgIpc) is 2.94. The van der Waals surface area contributed by atoms with Gasteiger partial charge in [-0.3, -0.25) is 4.79 Å². The van der Waals surface area contributed by atoms with Gasteiger partial charge in [0.2, 0.25) is 0 Å². The molecule has 0 spiro atoms. The summed E-state index contributed by atoms with van der Waals surface area (Å²) >= 11 is 2.27. The number of halogens is 4. The Labute approximate surface area is 156 Å². The number of hydrogen-bond donors (Lipinski definition) is 1. The Hall–Kier alpha value is -1.71. The molecular weight excluding hydrogens is 448 g/mol. The molecule has 1 unspecified atom stereocenters. The van der Waals surface area contributed by atoms with Gasteiger partial charge in [0, 0.05) is 34.7 Å². The van der Waals surface area contributed by atoms with Crippen LogP contribution in [0.1, 0.15) is 29.0 Å². The Morgan fingerprint density at radius 2 is 2.12 bits per heavy atom. The van der Waals surface area contributed by atoms with Gasteiger partial charge in [-0.05, 0) is 23.8 Å². The Balaban J connectivity index is 2.11. The molecule has 0 saturated carbocycles. The third-order valence-electron chi connectivity index (χ3n) is 4.07. The number of hydrogen-bond acceptors (Lipinski definition) is 2. The van der Waals surface area contributed by atoms with Crippen LogP contribution in [0, 0.1) is 0 Å². The van der Waals surface area contributed by atoms with Crippen molar-refractivity contribution in [1.82, 2.24) is 9.88 Å². The fourth-order valence-corrected chi connectivity index (χ4v) is 3.48. The molecule has 1 N–H and O–H groups in total. The van der Waals surface area contributed by atoms with Crippen LogP contribution in [-0.2, 0) is 6.54 Å². The van der Waals surface area contributed by atoms with E-state index in [1.165, 1.54) is 18.2 Å². The van der Waals surface area contributed by atoms with Crippen LogP contribution in [0.15, 0.2) is 30.3 Å². The van der Waals surface area contributed by atoms with Crippen LogP contribution in [0.4, 0.5) is 13.2 Å². The van der Waals surface area contributed by atoms with E-state index in [-0.39, 0.29) is 17.6 Å². The summed E-state index contributed by atoms with van der Waals surface area (Å²) in [5.74, 6) is -0.281. The summed E-state index contributed by atoms with van der Waals surface area (Å²) in [6, 6.07) is 7.62. The topological polar surface area (TPSA) is 43.3 Å². The van der Waals surface area contributed by atoms with Gasteiger partial charge in [-0.2, -0.15) is 0 Å². The third-order valence-corrected chi connectivity index (χ3v) is 5.39. The van der Waals surface area contributed by atoms with Gasteiger partial charge in [-0.1, -0.05) is 41.6 Å². The summed E-state index contributed by atoms with van der Waals surface area (Å²) < 4.78 is 44.3. The number of nitrogens with one attached hydrogen (secondary N) is 1. The van der Waals surface area contributed by atoms with Crippen molar-refractivity contribution in [3.63, 3.8) is 0 Å². The van der Waals surface area contributed by atoms with E-state index in [1.54, 1.807) is 12.1 Å². The number of carbonyl (C=O) groups is 1. The lowest BCUT2D eigenvalue weighted by Crippen LogP contribution is -2.35. The number of fused-ring (bicyclic) bond motifs is 1. The number of alkyl halides is 4. The SMILES string of the molecule is CC(CI)c1c(-c2cccc(OC(F)(F)F)c2)cc2n1CCNC2=O. The molecular formula is C17H16F3IN2O2. The largest absolute Gasteiger partial charge is 0.573 e. The minimum absolute atomic E-state index is 0.155. The van der Waals surface area contributed by atoms with E-state index in [0.717, 1.165) is 15.7 Å². The van der Waals surface area contributed by atoms with Crippen LogP contribution in [0.25, 0.3) is 11.1 Å². The molecule has 0 fully saturated rings. The van der Waals surface area contributed by atoms with Crippen LogP contribution in [0.2, 0.25) is 0 Å². The van der Waals surface area contributed by atoms with Gasteiger partial charge >= 0.3 is 6.36 Å². The smallest absolute Gasteiger partial charge is 0.406 e. The zero-order valence-electron chi connectivity index (χ0n) is 13.4. The number of rotatable bonds is 4. The molecule has 0 aliphatic carbocycles. The van der Waals surface area contributed by atoms with Gasteiger partial charge in [-0.15, -0.1) is 13.2 Å². The molecule has 4 nitrogen and oxygen atoms in total. The van der Waals surface area contributed by atoms with Gasteiger partial charge < -0.3 is 14.6 Å². The molecule has 2 aromatic rings. The van der Waals surface area contributed by atoms with Crippen molar-refractivity contribution in [2.45, 2.75) is 25.7 Å². The summed E-state index contributed by atoms with van der Waals surface area (Å²) in [6.45, 7) is 3.23. The molecule has 8 heteroatoms. The summed E-state index contributed by atoms with van der Waals surface area (Å²) in [5, 5.41) is 2.79. The van der Waals surface area contributed by atoms with Crippen molar-refractivity contribution in [3.8, 4) is 16.9 Å². The molecule has 1 amide bonds. The lowest BCUT2D eigenvalue weighted by atomic mass is 9.99. The molecule has 134 valence electrons. The number of amides is 1. The zero-order chi connectivity index (χ0) is 18.2. The first-order valence-corrected chi connectivity index (χ1v) is 9.26. The standard InChI is InChI=1S/C17H16F3IN2O2/c1-10(9-21)15-13(8-14-16(24)22-5-6-23(14)15)11-3-2-4-12(7-11)25-17(18,19)20/h2-4,7-8,10H,5-6,9H2,1H3,(H,22,24). The van der Waals surface area contributed by atoms with E-state index in [4.69, 9.17) is 0 Å². The van der Waals surface area contributed by atoms with E-state index in [1.807, 2.05) is 11.5 Å². The zero-order valence-corrected chi connectivity index (χ0v) is 15.5. The molecule has 0 saturated heterocycles. The number of carbonyl (C=O) groups excluding carboxylic acids is 1. The Kier molecular flexibility index (Phi) is 4.99. The number of benzene rings is 1. The Morgan fingerprint density at radius 1 is 1.36 bits per heavy atom. The number of aromatic nitrogens is 1.